The van der Waals surface area contributed by atoms with Gasteiger partial charge in [-0.3, -0.25) is 0 Å². The van der Waals surface area contributed by atoms with Gasteiger partial charge >= 0.3 is 0 Å². The molecule has 0 aromatic carbocycles. The molecule has 2 rings (SSSR count). The van der Waals surface area contributed by atoms with Gasteiger partial charge < -0.3 is 0 Å². The van der Waals surface area contributed by atoms with Crippen LogP contribution in [0.4, 0.5) is 0 Å². The van der Waals surface area contributed by atoms with Gasteiger partial charge in [-0.05, 0) is 46.7 Å². The number of pyridine rings is 1. The Balaban J connectivity index is 2.22. The Morgan fingerprint density at radius 3 is 2.93 bits per heavy atom. The van der Waals surface area contributed by atoms with E-state index in [9.17, 15) is 0 Å². The van der Waals surface area contributed by atoms with E-state index in [4.69, 9.17) is 0 Å². The van der Waals surface area contributed by atoms with E-state index in [0.29, 0.717) is 0 Å². The molecule has 2 aromatic heterocycles. The predicted molar refractivity (Wildman–Crippen MR) is 60.7 cm³/mol. The van der Waals surface area contributed by atoms with Gasteiger partial charge in [0.2, 0.25) is 0 Å². The van der Waals surface area contributed by atoms with E-state index in [-0.39, 0.29) is 0 Å². The number of nitrogens with zero attached hydrogens (tertiary/aromatic N) is 3. The summed E-state index contributed by atoms with van der Waals surface area (Å²) in [6.07, 6.45) is 0. The normalized spacial score (nSPS) is 10.4. The zero-order valence-corrected chi connectivity index (χ0v) is 10.5. The zero-order chi connectivity index (χ0) is 9.97. The number of rotatable bonds is 2. The number of hydrogen-bond donors (Lipinski definition) is 0. The highest BCUT2D eigenvalue weighted by atomic mass is 79.9. The first-order valence-corrected chi connectivity index (χ1v) is 6.32. The van der Waals surface area contributed by atoms with Gasteiger partial charge in [0.25, 0.3) is 0 Å². The molecule has 14 heavy (non-hydrogen) atoms. The average molecular weight is 288 g/mol. The third kappa shape index (κ3) is 2.31. The summed E-state index contributed by atoms with van der Waals surface area (Å²) in [7, 11) is 0. The summed E-state index contributed by atoms with van der Waals surface area (Å²) in [5.41, 5.74) is 2.70. The second-order valence-corrected chi connectivity index (χ2v) is 5.48. The highest BCUT2D eigenvalue weighted by molar-refractivity contribution is 9.10. The Bertz CT molecular complexity index is 430. The van der Waals surface area contributed by atoms with Crippen LogP contribution >= 0.6 is 39.0 Å². The highest BCUT2D eigenvalue weighted by Gasteiger charge is 2.03. The van der Waals surface area contributed by atoms with E-state index in [1.54, 1.807) is 5.51 Å². The van der Waals surface area contributed by atoms with Crippen molar-refractivity contribution in [2.24, 2.45) is 0 Å². The van der Waals surface area contributed by atoms with E-state index in [1.807, 2.05) is 19.1 Å². The largest absolute Gasteiger partial charge is 0.245 e. The smallest absolute Gasteiger partial charge is 0.180 e. The molecule has 0 spiro atoms. The molecule has 0 fully saturated rings. The summed E-state index contributed by atoms with van der Waals surface area (Å²) in [5, 5.41) is 8.66. The molecular weight excluding hydrogens is 282 g/mol. The summed E-state index contributed by atoms with van der Waals surface area (Å²) < 4.78 is 1.94. The van der Waals surface area contributed by atoms with E-state index < -0.39 is 0 Å². The predicted octanol–water partition coefficient (Wildman–Crippen LogP) is 3.16. The molecule has 3 nitrogen and oxygen atoms in total. The van der Waals surface area contributed by atoms with Crippen molar-refractivity contribution in [3.05, 3.63) is 27.8 Å². The van der Waals surface area contributed by atoms with Crippen molar-refractivity contribution in [1.82, 2.24) is 15.2 Å². The van der Waals surface area contributed by atoms with Crippen molar-refractivity contribution in [2.45, 2.75) is 16.3 Å². The maximum absolute atomic E-state index is 4.40. The first-order chi connectivity index (χ1) is 6.75. The lowest BCUT2D eigenvalue weighted by Gasteiger charge is -1.99. The number of hydrogen-bond acceptors (Lipinski definition) is 5. The molecule has 0 amide bonds. The molecule has 0 N–H and O–H groups in total. The van der Waals surface area contributed by atoms with Crippen LogP contribution in [-0.4, -0.2) is 15.2 Å². The van der Waals surface area contributed by atoms with Crippen molar-refractivity contribution in [3.63, 3.8) is 0 Å². The lowest BCUT2D eigenvalue weighted by Crippen LogP contribution is -1.85. The minimum atomic E-state index is 0.916. The van der Waals surface area contributed by atoms with Crippen LogP contribution in [0.15, 0.2) is 31.5 Å². The molecule has 0 aliphatic heterocycles. The molecule has 0 aliphatic rings. The Kier molecular flexibility index (Phi) is 3.15. The Labute approximate surface area is 98.1 Å². The second-order valence-electron chi connectivity index (χ2n) is 2.52. The maximum Gasteiger partial charge on any atom is 0.180 e. The van der Waals surface area contributed by atoms with Crippen LogP contribution in [0.1, 0.15) is 5.69 Å². The second kappa shape index (κ2) is 4.37. The Morgan fingerprint density at radius 2 is 2.29 bits per heavy atom. The third-order valence-electron chi connectivity index (χ3n) is 1.53. The molecule has 2 aromatic rings. The SMILES string of the molecule is Cc1nc(Sc2nncs2)ccc1Br. The van der Waals surface area contributed by atoms with Gasteiger partial charge in [0.1, 0.15) is 10.5 Å². The van der Waals surface area contributed by atoms with Crippen LogP contribution in [0.3, 0.4) is 0 Å². The molecular formula is C8H6BrN3S2. The summed E-state index contributed by atoms with van der Waals surface area (Å²) >= 11 is 6.46. The molecule has 0 aliphatic carbocycles. The van der Waals surface area contributed by atoms with Crippen LogP contribution in [0.5, 0.6) is 0 Å². The van der Waals surface area contributed by atoms with Crippen molar-refractivity contribution >= 4 is 39.0 Å². The average Bonchev–Trinajstić information content (AvgIpc) is 2.64. The van der Waals surface area contributed by atoms with Crippen molar-refractivity contribution in [1.29, 1.82) is 0 Å². The van der Waals surface area contributed by atoms with Crippen molar-refractivity contribution in [3.8, 4) is 0 Å². The Hall–Kier alpha value is -0.460. The maximum atomic E-state index is 4.40. The summed E-state index contributed by atoms with van der Waals surface area (Å²) in [5.74, 6) is 0. The molecule has 0 unspecified atom stereocenters. The summed E-state index contributed by atoms with van der Waals surface area (Å²) in [6.45, 7) is 1.97. The number of aromatic nitrogens is 3. The minimum Gasteiger partial charge on any atom is -0.245 e. The summed E-state index contributed by atoms with van der Waals surface area (Å²) in [4.78, 5) is 4.40. The van der Waals surface area contributed by atoms with Gasteiger partial charge in [-0.25, -0.2) is 4.98 Å². The van der Waals surface area contributed by atoms with Gasteiger partial charge in [-0.1, -0.05) is 11.3 Å². The molecule has 72 valence electrons. The van der Waals surface area contributed by atoms with Crippen LogP contribution < -0.4 is 0 Å². The molecule has 0 radical (unpaired) electrons. The molecule has 2 heterocycles. The molecule has 0 bridgehead atoms. The fourth-order valence-electron chi connectivity index (χ4n) is 0.875. The van der Waals surface area contributed by atoms with Crippen molar-refractivity contribution in [2.75, 3.05) is 0 Å². The van der Waals surface area contributed by atoms with Crippen LogP contribution in [-0.2, 0) is 0 Å². The lowest BCUT2D eigenvalue weighted by atomic mass is 10.4. The zero-order valence-electron chi connectivity index (χ0n) is 7.27. The van der Waals surface area contributed by atoms with Crippen LogP contribution in [0.25, 0.3) is 0 Å². The summed E-state index contributed by atoms with van der Waals surface area (Å²) in [6, 6.07) is 3.95. The van der Waals surface area contributed by atoms with Gasteiger partial charge in [0.05, 0.1) is 5.69 Å². The van der Waals surface area contributed by atoms with Gasteiger partial charge in [-0.15, -0.1) is 10.2 Å². The molecule has 0 saturated heterocycles. The van der Waals surface area contributed by atoms with E-state index in [0.717, 1.165) is 19.5 Å². The molecule has 6 heteroatoms. The van der Waals surface area contributed by atoms with E-state index >= 15 is 0 Å². The fourth-order valence-corrected chi connectivity index (χ4v) is 2.54. The topological polar surface area (TPSA) is 38.7 Å². The fraction of sp³-hybridized carbons (Fsp3) is 0.125. The lowest BCUT2D eigenvalue weighted by molar-refractivity contribution is 0.999. The van der Waals surface area contributed by atoms with Crippen LogP contribution in [0, 0.1) is 6.92 Å². The number of halogens is 1. The Morgan fingerprint density at radius 1 is 1.43 bits per heavy atom. The standard InChI is InChI=1S/C8H6BrN3S2/c1-5-6(9)2-3-7(11-5)14-8-12-10-4-13-8/h2-4H,1H3. The van der Waals surface area contributed by atoms with Gasteiger partial charge in [0, 0.05) is 4.47 Å². The first kappa shape index (κ1) is 10.1. The van der Waals surface area contributed by atoms with Gasteiger partial charge in [0.15, 0.2) is 4.34 Å². The van der Waals surface area contributed by atoms with E-state index in [2.05, 4.69) is 31.1 Å². The first-order valence-electron chi connectivity index (χ1n) is 3.83. The van der Waals surface area contributed by atoms with E-state index in [1.165, 1.54) is 23.1 Å². The molecule has 0 atom stereocenters. The highest BCUT2D eigenvalue weighted by Crippen LogP contribution is 2.28. The van der Waals surface area contributed by atoms with Crippen molar-refractivity contribution < 1.29 is 0 Å². The van der Waals surface area contributed by atoms with Crippen LogP contribution in [0.2, 0.25) is 0 Å². The minimum absolute atomic E-state index is 0.916. The third-order valence-corrected chi connectivity index (χ3v) is 4.08. The quantitative estimate of drug-likeness (QED) is 0.851. The number of aryl methyl sites for hydroxylation is 1. The van der Waals surface area contributed by atoms with Gasteiger partial charge in [-0.2, -0.15) is 0 Å². The molecule has 0 saturated carbocycles. The monoisotopic (exact) mass is 287 g/mol.